The molecule has 0 aliphatic carbocycles. The van der Waals surface area contributed by atoms with Gasteiger partial charge in [-0.3, -0.25) is 0 Å². The van der Waals surface area contributed by atoms with Crippen molar-refractivity contribution in [3.05, 3.63) is 40.2 Å². The number of hydrogen-bond donors (Lipinski definition) is 1. The van der Waals surface area contributed by atoms with Crippen LogP contribution in [0.25, 0.3) is 11.3 Å². The van der Waals surface area contributed by atoms with Crippen LogP contribution in [0.1, 0.15) is 11.8 Å². The molecule has 2 nitrogen and oxygen atoms in total. The fourth-order valence-electron chi connectivity index (χ4n) is 1.40. The zero-order chi connectivity index (χ0) is 11.4. The molecule has 0 unspecified atom stereocenters. The lowest BCUT2D eigenvalue weighted by atomic mass is 10.1. The molecule has 0 bridgehead atoms. The molecule has 1 heterocycles. The van der Waals surface area contributed by atoms with Crippen LogP contribution in [0.5, 0.6) is 0 Å². The molecule has 0 aliphatic rings. The van der Waals surface area contributed by atoms with Gasteiger partial charge in [0.05, 0.1) is 5.69 Å². The summed E-state index contributed by atoms with van der Waals surface area (Å²) in [7, 11) is 0. The molecule has 1 aromatic carbocycles. The Bertz CT molecular complexity index is 450. The fraction of sp³-hybridized carbons (Fsp3) is 0.250. The van der Waals surface area contributed by atoms with Gasteiger partial charge < -0.3 is 5.32 Å². The highest BCUT2D eigenvalue weighted by atomic mass is 35.5. The van der Waals surface area contributed by atoms with Crippen molar-refractivity contribution in [3.8, 4) is 11.3 Å². The zero-order valence-corrected chi connectivity index (χ0v) is 10.6. The third kappa shape index (κ3) is 2.82. The smallest absolute Gasteiger partial charge is 0.0844 e. The van der Waals surface area contributed by atoms with Gasteiger partial charge in [0.25, 0.3) is 0 Å². The minimum atomic E-state index is 0.756. The van der Waals surface area contributed by atoms with E-state index < -0.39 is 0 Å². The Labute approximate surface area is 104 Å². The highest BCUT2D eigenvalue weighted by Gasteiger charge is 2.03. The lowest BCUT2D eigenvalue weighted by Crippen LogP contribution is -2.10. The molecule has 2 rings (SSSR count). The molecular weight excluding hydrogens is 240 g/mol. The second-order valence-electron chi connectivity index (χ2n) is 3.47. The molecule has 84 valence electrons. The second kappa shape index (κ2) is 5.43. The summed E-state index contributed by atoms with van der Waals surface area (Å²) in [6.45, 7) is 3.97. The predicted molar refractivity (Wildman–Crippen MR) is 69.9 cm³/mol. The first kappa shape index (κ1) is 11.6. The van der Waals surface area contributed by atoms with Crippen LogP contribution in [0.3, 0.4) is 0 Å². The summed E-state index contributed by atoms with van der Waals surface area (Å²) in [4.78, 5) is 1.26. The predicted octanol–water partition coefficient (Wildman–Crippen LogP) is 3.57. The lowest BCUT2D eigenvalue weighted by molar-refractivity contribution is 0.735. The molecule has 1 N–H and O–H groups in total. The second-order valence-corrected chi connectivity index (χ2v) is 4.79. The van der Waals surface area contributed by atoms with Crippen LogP contribution >= 0.6 is 23.1 Å². The fourth-order valence-corrected chi connectivity index (χ4v) is 2.23. The molecular formula is C12H13ClN2S. The van der Waals surface area contributed by atoms with Crippen molar-refractivity contribution in [2.45, 2.75) is 13.5 Å². The summed E-state index contributed by atoms with van der Waals surface area (Å²) >= 11 is 7.39. The van der Waals surface area contributed by atoms with Crippen LogP contribution < -0.4 is 5.32 Å². The summed E-state index contributed by atoms with van der Waals surface area (Å²) in [5.74, 6) is 0. The number of halogens is 1. The van der Waals surface area contributed by atoms with E-state index in [0.29, 0.717) is 0 Å². The van der Waals surface area contributed by atoms with Crippen LogP contribution in [0.4, 0.5) is 0 Å². The number of nitrogens with zero attached hydrogens (tertiary/aromatic N) is 1. The van der Waals surface area contributed by atoms with Crippen molar-refractivity contribution >= 4 is 23.1 Å². The van der Waals surface area contributed by atoms with Gasteiger partial charge in [-0.05, 0) is 36.3 Å². The van der Waals surface area contributed by atoms with Crippen molar-refractivity contribution in [2.75, 3.05) is 6.54 Å². The number of hydrogen-bond acceptors (Lipinski definition) is 3. The third-order valence-electron chi connectivity index (χ3n) is 2.25. The van der Waals surface area contributed by atoms with E-state index in [0.717, 1.165) is 29.4 Å². The Morgan fingerprint density at radius 1 is 1.31 bits per heavy atom. The van der Waals surface area contributed by atoms with Crippen molar-refractivity contribution in [1.29, 1.82) is 0 Å². The van der Waals surface area contributed by atoms with Crippen LogP contribution in [0.15, 0.2) is 30.3 Å². The van der Waals surface area contributed by atoms with Crippen molar-refractivity contribution in [1.82, 2.24) is 9.69 Å². The van der Waals surface area contributed by atoms with Crippen molar-refractivity contribution in [2.24, 2.45) is 0 Å². The summed E-state index contributed by atoms with van der Waals surface area (Å²) in [6.07, 6.45) is 0. The average molecular weight is 253 g/mol. The van der Waals surface area contributed by atoms with Crippen LogP contribution in [-0.4, -0.2) is 10.9 Å². The molecule has 0 fully saturated rings. The van der Waals surface area contributed by atoms with Gasteiger partial charge in [0, 0.05) is 22.0 Å². The maximum absolute atomic E-state index is 5.85. The molecule has 1 aromatic heterocycles. The molecule has 0 radical (unpaired) electrons. The first-order valence-electron chi connectivity index (χ1n) is 5.22. The molecule has 0 aliphatic heterocycles. The van der Waals surface area contributed by atoms with Gasteiger partial charge in [-0.25, -0.2) is 0 Å². The Morgan fingerprint density at radius 3 is 2.75 bits per heavy atom. The van der Waals surface area contributed by atoms with Crippen LogP contribution in [0.2, 0.25) is 5.02 Å². The highest BCUT2D eigenvalue weighted by Crippen LogP contribution is 2.23. The number of rotatable bonds is 4. The average Bonchev–Trinajstić information content (AvgIpc) is 2.76. The largest absolute Gasteiger partial charge is 0.312 e. The quantitative estimate of drug-likeness (QED) is 0.900. The van der Waals surface area contributed by atoms with Gasteiger partial charge in [-0.2, -0.15) is 4.37 Å². The van der Waals surface area contributed by atoms with Crippen molar-refractivity contribution in [3.63, 3.8) is 0 Å². The van der Waals surface area contributed by atoms with E-state index in [4.69, 9.17) is 11.6 Å². The Hall–Kier alpha value is -0.900. The SMILES string of the molecule is CCNCc1cc(-c2ccc(Cl)cc2)ns1. The minimum Gasteiger partial charge on any atom is -0.312 e. The van der Waals surface area contributed by atoms with E-state index >= 15 is 0 Å². The summed E-state index contributed by atoms with van der Waals surface area (Å²) in [5.41, 5.74) is 2.14. The van der Waals surface area contributed by atoms with E-state index in [9.17, 15) is 0 Å². The van der Waals surface area contributed by atoms with E-state index in [-0.39, 0.29) is 0 Å². The van der Waals surface area contributed by atoms with Crippen molar-refractivity contribution < 1.29 is 0 Å². The van der Waals surface area contributed by atoms with Crippen LogP contribution in [-0.2, 0) is 6.54 Å². The van der Waals surface area contributed by atoms with Gasteiger partial charge in [0.1, 0.15) is 0 Å². The molecule has 16 heavy (non-hydrogen) atoms. The molecule has 0 saturated carbocycles. The van der Waals surface area contributed by atoms with E-state index in [1.54, 1.807) is 11.5 Å². The van der Waals surface area contributed by atoms with E-state index in [2.05, 4.69) is 22.7 Å². The number of nitrogens with one attached hydrogen (secondary N) is 1. The maximum Gasteiger partial charge on any atom is 0.0844 e. The lowest BCUT2D eigenvalue weighted by Gasteiger charge is -1.96. The Morgan fingerprint density at radius 2 is 2.06 bits per heavy atom. The van der Waals surface area contributed by atoms with E-state index in [1.807, 2.05) is 24.3 Å². The normalized spacial score (nSPS) is 10.6. The first-order chi connectivity index (χ1) is 7.79. The topological polar surface area (TPSA) is 24.9 Å². The van der Waals surface area contributed by atoms with Gasteiger partial charge in [0.2, 0.25) is 0 Å². The zero-order valence-electron chi connectivity index (χ0n) is 9.03. The van der Waals surface area contributed by atoms with Gasteiger partial charge in [0.15, 0.2) is 0 Å². The Balaban J connectivity index is 2.15. The molecule has 2 aromatic rings. The standard InChI is InChI=1S/C12H13ClN2S/c1-2-14-8-11-7-12(15-16-11)9-3-5-10(13)6-4-9/h3-7,14H,2,8H2,1H3. The van der Waals surface area contributed by atoms with Gasteiger partial charge in [-0.15, -0.1) is 0 Å². The summed E-state index contributed by atoms with van der Waals surface area (Å²) in [5, 5.41) is 4.04. The summed E-state index contributed by atoms with van der Waals surface area (Å²) in [6, 6.07) is 9.89. The molecule has 4 heteroatoms. The molecule has 0 amide bonds. The molecule has 0 atom stereocenters. The monoisotopic (exact) mass is 252 g/mol. The molecule has 0 saturated heterocycles. The summed E-state index contributed by atoms with van der Waals surface area (Å²) < 4.78 is 4.43. The van der Waals surface area contributed by atoms with E-state index in [1.165, 1.54) is 4.88 Å². The van der Waals surface area contributed by atoms with Gasteiger partial charge >= 0.3 is 0 Å². The number of benzene rings is 1. The minimum absolute atomic E-state index is 0.756. The maximum atomic E-state index is 5.85. The third-order valence-corrected chi connectivity index (χ3v) is 3.28. The van der Waals surface area contributed by atoms with Gasteiger partial charge in [-0.1, -0.05) is 30.7 Å². The highest BCUT2D eigenvalue weighted by molar-refractivity contribution is 7.06. The van der Waals surface area contributed by atoms with Crippen LogP contribution in [0, 0.1) is 0 Å². The Kier molecular flexibility index (Phi) is 3.93. The molecule has 0 spiro atoms. The number of aromatic nitrogens is 1. The first-order valence-corrected chi connectivity index (χ1v) is 6.37.